The molecule has 1 unspecified atom stereocenters. The van der Waals surface area contributed by atoms with Gasteiger partial charge in [0, 0.05) is 0 Å². The smallest absolute Gasteiger partial charge is 0.204 e. The first-order valence-corrected chi connectivity index (χ1v) is 10.1. The molecule has 1 atom stereocenters. The Hall–Kier alpha value is -1.84. The van der Waals surface area contributed by atoms with Gasteiger partial charge in [0.25, 0.3) is 0 Å². The molecule has 4 heteroatoms. The standard InChI is InChI=1S/C23H30F2O2/c1-3-4-16-5-9-18(10-6-16)19-11-7-17(8-12-19)15-27-21-14-13-20(26-2)22(24)23(21)25/h3-4,7,13-14,16,18-19H,5-6,8-12,15H2,1-2H3/b4-3+. The average Bonchev–Trinajstić information content (AvgIpc) is 2.70. The molecule has 0 bridgehead atoms. The molecule has 0 radical (unpaired) electrons. The molecular formula is C23H30F2O2. The van der Waals surface area contributed by atoms with E-state index in [0.717, 1.165) is 30.6 Å². The molecule has 1 aromatic carbocycles. The molecule has 2 nitrogen and oxygen atoms in total. The van der Waals surface area contributed by atoms with Crippen LogP contribution in [-0.4, -0.2) is 13.7 Å². The Balaban J connectivity index is 1.49. The highest BCUT2D eigenvalue weighted by Gasteiger charge is 2.28. The lowest BCUT2D eigenvalue weighted by molar-refractivity contribution is 0.206. The molecule has 2 aliphatic carbocycles. The van der Waals surface area contributed by atoms with Crippen LogP contribution in [0, 0.1) is 29.4 Å². The molecule has 0 heterocycles. The summed E-state index contributed by atoms with van der Waals surface area (Å²) in [5, 5.41) is 0. The van der Waals surface area contributed by atoms with Crippen molar-refractivity contribution in [3.05, 3.63) is 47.6 Å². The zero-order valence-corrected chi connectivity index (χ0v) is 16.3. The molecule has 27 heavy (non-hydrogen) atoms. The van der Waals surface area contributed by atoms with Gasteiger partial charge in [-0.25, -0.2) is 0 Å². The first-order valence-electron chi connectivity index (χ1n) is 10.1. The van der Waals surface area contributed by atoms with Gasteiger partial charge in [-0.3, -0.25) is 0 Å². The van der Waals surface area contributed by atoms with Crippen LogP contribution in [0.1, 0.15) is 51.9 Å². The van der Waals surface area contributed by atoms with E-state index >= 15 is 0 Å². The van der Waals surface area contributed by atoms with E-state index in [4.69, 9.17) is 9.47 Å². The maximum Gasteiger partial charge on any atom is 0.204 e. The van der Waals surface area contributed by atoms with Crippen molar-refractivity contribution in [3.63, 3.8) is 0 Å². The van der Waals surface area contributed by atoms with E-state index in [2.05, 4.69) is 25.2 Å². The van der Waals surface area contributed by atoms with Crippen molar-refractivity contribution in [3.8, 4) is 11.5 Å². The Morgan fingerprint density at radius 2 is 1.70 bits per heavy atom. The minimum Gasteiger partial charge on any atom is -0.494 e. The van der Waals surface area contributed by atoms with Gasteiger partial charge in [0.15, 0.2) is 11.5 Å². The fourth-order valence-corrected chi connectivity index (χ4v) is 4.50. The molecule has 0 saturated heterocycles. The minimum atomic E-state index is -0.999. The zero-order chi connectivity index (χ0) is 19.2. The van der Waals surface area contributed by atoms with Crippen LogP contribution in [0.4, 0.5) is 8.78 Å². The van der Waals surface area contributed by atoms with Crippen molar-refractivity contribution in [2.24, 2.45) is 17.8 Å². The fourth-order valence-electron chi connectivity index (χ4n) is 4.50. The second-order valence-electron chi connectivity index (χ2n) is 7.78. The molecule has 148 valence electrons. The van der Waals surface area contributed by atoms with Crippen molar-refractivity contribution in [2.75, 3.05) is 13.7 Å². The monoisotopic (exact) mass is 376 g/mol. The van der Waals surface area contributed by atoms with Crippen molar-refractivity contribution in [1.82, 2.24) is 0 Å². The van der Waals surface area contributed by atoms with Crippen LogP contribution >= 0.6 is 0 Å². The number of halogens is 2. The summed E-state index contributed by atoms with van der Waals surface area (Å²) in [5.74, 6) is 0.216. The van der Waals surface area contributed by atoms with Crippen LogP contribution in [0.2, 0.25) is 0 Å². The molecule has 0 amide bonds. The summed E-state index contributed by atoms with van der Waals surface area (Å²) in [6, 6.07) is 2.82. The molecule has 0 N–H and O–H groups in total. The predicted octanol–water partition coefficient (Wildman–Crippen LogP) is 6.46. The van der Waals surface area contributed by atoms with Gasteiger partial charge in [-0.1, -0.05) is 18.2 Å². The van der Waals surface area contributed by atoms with Gasteiger partial charge < -0.3 is 9.47 Å². The summed E-state index contributed by atoms with van der Waals surface area (Å²) < 4.78 is 38.1. The lowest BCUT2D eigenvalue weighted by atomic mass is 9.71. The van der Waals surface area contributed by atoms with Gasteiger partial charge >= 0.3 is 0 Å². The zero-order valence-electron chi connectivity index (χ0n) is 16.3. The van der Waals surface area contributed by atoms with E-state index in [1.165, 1.54) is 56.9 Å². The summed E-state index contributed by atoms with van der Waals surface area (Å²) in [6.45, 7) is 2.43. The van der Waals surface area contributed by atoms with Gasteiger partial charge in [-0.2, -0.15) is 8.78 Å². The van der Waals surface area contributed by atoms with Crippen molar-refractivity contribution in [2.45, 2.75) is 51.9 Å². The van der Waals surface area contributed by atoms with Gasteiger partial charge in [-0.15, -0.1) is 0 Å². The van der Waals surface area contributed by atoms with Crippen LogP contribution in [-0.2, 0) is 0 Å². The third-order valence-electron chi connectivity index (χ3n) is 6.14. The van der Waals surface area contributed by atoms with E-state index in [0.29, 0.717) is 6.61 Å². The topological polar surface area (TPSA) is 18.5 Å². The van der Waals surface area contributed by atoms with Crippen LogP contribution in [0.15, 0.2) is 35.9 Å². The quantitative estimate of drug-likeness (QED) is 0.530. The lowest BCUT2D eigenvalue weighted by Gasteiger charge is -2.34. The summed E-state index contributed by atoms with van der Waals surface area (Å²) in [5.41, 5.74) is 1.18. The number of rotatable bonds is 6. The van der Waals surface area contributed by atoms with Gasteiger partial charge in [0.05, 0.1) is 7.11 Å². The minimum absolute atomic E-state index is 0.0568. The molecule has 0 aromatic heterocycles. The normalized spacial score (nSPS) is 26.1. The van der Waals surface area contributed by atoms with Crippen molar-refractivity contribution in [1.29, 1.82) is 0 Å². The van der Waals surface area contributed by atoms with Crippen LogP contribution < -0.4 is 9.47 Å². The van der Waals surface area contributed by atoms with Gasteiger partial charge in [0.1, 0.15) is 6.61 Å². The third kappa shape index (κ3) is 4.91. The largest absolute Gasteiger partial charge is 0.494 e. The molecule has 2 aliphatic rings. The highest BCUT2D eigenvalue weighted by atomic mass is 19.2. The second-order valence-corrected chi connectivity index (χ2v) is 7.78. The Morgan fingerprint density at radius 3 is 2.33 bits per heavy atom. The number of methoxy groups -OCH3 is 1. The number of hydrogen-bond acceptors (Lipinski definition) is 2. The van der Waals surface area contributed by atoms with E-state index in [9.17, 15) is 8.78 Å². The van der Waals surface area contributed by atoms with Crippen LogP contribution in [0.25, 0.3) is 0 Å². The Morgan fingerprint density at radius 1 is 1.00 bits per heavy atom. The molecule has 0 spiro atoms. The molecular weight excluding hydrogens is 346 g/mol. The number of benzene rings is 1. The Kier molecular flexibility index (Phi) is 6.92. The molecule has 1 aromatic rings. The Bertz CT molecular complexity index is 688. The number of ether oxygens (including phenoxy) is 2. The maximum atomic E-state index is 14.0. The number of hydrogen-bond donors (Lipinski definition) is 0. The van der Waals surface area contributed by atoms with Crippen molar-refractivity contribution >= 4 is 0 Å². The SMILES string of the molecule is C/C=C/C1CCC(C2CC=C(COc3ccc(OC)c(F)c3F)CC2)CC1. The van der Waals surface area contributed by atoms with E-state index in [1.54, 1.807) is 0 Å². The highest BCUT2D eigenvalue weighted by molar-refractivity contribution is 5.35. The third-order valence-corrected chi connectivity index (χ3v) is 6.14. The number of allylic oxidation sites excluding steroid dienone is 3. The fraction of sp³-hybridized carbons (Fsp3) is 0.565. The van der Waals surface area contributed by atoms with E-state index < -0.39 is 11.6 Å². The molecule has 1 fully saturated rings. The first-order chi connectivity index (χ1) is 13.1. The maximum absolute atomic E-state index is 14.0. The summed E-state index contributed by atoms with van der Waals surface area (Å²) >= 11 is 0. The van der Waals surface area contributed by atoms with Crippen LogP contribution in [0.5, 0.6) is 11.5 Å². The Labute approximate surface area is 161 Å². The summed E-state index contributed by atoms with van der Waals surface area (Å²) in [4.78, 5) is 0. The van der Waals surface area contributed by atoms with Gasteiger partial charge in [0.2, 0.25) is 11.6 Å². The first kappa shape index (κ1) is 19.9. The average molecular weight is 376 g/mol. The van der Waals surface area contributed by atoms with Crippen LogP contribution in [0.3, 0.4) is 0 Å². The highest BCUT2D eigenvalue weighted by Crippen LogP contribution is 2.40. The lowest BCUT2D eigenvalue weighted by Crippen LogP contribution is -2.23. The van der Waals surface area contributed by atoms with E-state index in [-0.39, 0.29) is 11.5 Å². The van der Waals surface area contributed by atoms with E-state index in [1.807, 2.05) is 0 Å². The van der Waals surface area contributed by atoms with Crippen molar-refractivity contribution < 1.29 is 18.3 Å². The summed E-state index contributed by atoms with van der Waals surface area (Å²) in [7, 11) is 1.31. The molecule has 3 rings (SSSR count). The van der Waals surface area contributed by atoms with Gasteiger partial charge in [-0.05, 0) is 87.3 Å². The molecule has 1 saturated carbocycles. The second kappa shape index (κ2) is 9.38. The predicted molar refractivity (Wildman–Crippen MR) is 104 cm³/mol. The molecule has 0 aliphatic heterocycles. The summed E-state index contributed by atoms with van der Waals surface area (Å²) in [6.07, 6.45) is 15.3.